The molecule has 0 spiro atoms. The third kappa shape index (κ3) is 3.14. The molecule has 3 saturated heterocycles. The molecule has 0 aromatic heterocycles. The lowest BCUT2D eigenvalue weighted by Crippen LogP contribution is -2.78. The van der Waals surface area contributed by atoms with Crippen LogP contribution >= 0.6 is 0 Å². The largest absolute Gasteiger partial charge is 0.338 e. The Morgan fingerprint density at radius 3 is 2.17 bits per heavy atom. The van der Waals surface area contributed by atoms with Gasteiger partial charge in [-0.1, -0.05) is 6.92 Å². The molecule has 3 aliphatic heterocycles. The van der Waals surface area contributed by atoms with Gasteiger partial charge in [0.25, 0.3) is 0 Å². The van der Waals surface area contributed by atoms with Gasteiger partial charge in [-0.3, -0.25) is 16.5 Å². The first-order valence-corrected chi connectivity index (χ1v) is 7.24. The van der Waals surface area contributed by atoms with E-state index in [0.29, 0.717) is 5.96 Å². The number of nitrogens with two attached hydrogens (primary N) is 2. The standard InChI is InChI=1S/C13H29N5/c1-12(3-4-16-13(14)15)11-18-8-5-17(2,6-9-18)7-10-18/h12H,3-11H2,1-2H3,(H4,14,15,16)/q+2/p+1. The highest BCUT2D eigenvalue weighted by Crippen LogP contribution is 2.26. The fourth-order valence-corrected chi connectivity index (χ4v) is 3.52. The van der Waals surface area contributed by atoms with Crippen LogP contribution in [-0.2, 0) is 0 Å². The average molecular weight is 256 g/mol. The van der Waals surface area contributed by atoms with E-state index in [1.807, 2.05) is 0 Å². The van der Waals surface area contributed by atoms with Crippen molar-refractivity contribution in [1.82, 2.24) is 0 Å². The first-order chi connectivity index (χ1) is 8.43. The number of guanidine groups is 1. The number of nitrogens with zero attached hydrogens (tertiary/aromatic N) is 2. The van der Waals surface area contributed by atoms with Gasteiger partial charge in [0.05, 0.1) is 20.1 Å². The molecule has 0 radical (unpaired) electrons. The van der Waals surface area contributed by atoms with Crippen LogP contribution in [0.2, 0.25) is 0 Å². The van der Waals surface area contributed by atoms with Crippen LogP contribution in [0.15, 0.2) is 0 Å². The van der Waals surface area contributed by atoms with Gasteiger partial charge in [-0.05, 0) is 6.42 Å². The fraction of sp³-hybridized carbons (Fsp3) is 0.923. The van der Waals surface area contributed by atoms with Crippen LogP contribution in [0.3, 0.4) is 0 Å². The Bertz CT molecular complexity index is 297. The van der Waals surface area contributed by atoms with Crippen molar-refractivity contribution >= 4 is 5.96 Å². The minimum absolute atomic E-state index is 0.346. The molecular formula is C13H30N5+3. The van der Waals surface area contributed by atoms with Crippen LogP contribution in [0.25, 0.3) is 0 Å². The maximum absolute atomic E-state index is 5.41. The van der Waals surface area contributed by atoms with Crippen molar-refractivity contribution in [3.63, 3.8) is 0 Å². The van der Waals surface area contributed by atoms with E-state index in [9.17, 15) is 0 Å². The summed E-state index contributed by atoms with van der Waals surface area (Å²) < 4.78 is 2.67. The number of nitrogens with one attached hydrogen (secondary N) is 1. The highest BCUT2D eigenvalue weighted by molar-refractivity contribution is 5.69. The van der Waals surface area contributed by atoms with E-state index in [4.69, 9.17) is 11.5 Å². The lowest BCUT2D eigenvalue weighted by molar-refractivity contribution is -1.07. The normalized spacial score (nSPS) is 36.3. The molecule has 104 valence electrons. The summed E-state index contributed by atoms with van der Waals surface area (Å²) in [5.74, 6) is 1.09. The number of hydrogen-bond donors (Lipinski definition) is 3. The van der Waals surface area contributed by atoms with Gasteiger partial charge in [0, 0.05) is 5.92 Å². The Morgan fingerprint density at radius 2 is 1.67 bits per heavy atom. The quantitative estimate of drug-likeness (QED) is 0.293. The summed E-state index contributed by atoms with van der Waals surface area (Å²) >= 11 is 0. The molecule has 3 rings (SSSR count). The average Bonchev–Trinajstić information content (AvgIpc) is 2.31. The summed E-state index contributed by atoms with van der Waals surface area (Å²) in [6.07, 6.45) is 1.16. The van der Waals surface area contributed by atoms with E-state index in [0.717, 1.165) is 18.9 Å². The minimum atomic E-state index is 0.346. The van der Waals surface area contributed by atoms with Crippen molar-refractivity contribution in [2.24, 2.45) is 17.4 Å². The zero-order valence-corrected chi connectivity index (χ0v) is 12.0. The molecule has 5 N–H and O–H groups in total. The molecule has 0 amide bonds. The SMILES string of the molecule is CC(CC[NH+]=C(N)N)C[N+]12CC[N+](C)(CC1)CC2. The Labute approximate surface area is 111 Å². The Balaban J connectivity index is 1.80. The third-order valence-electron chi connectivity index (χ3n) is 5.01. The highest BCUT2D eigenvalue weighted by Gasteiger charge is 2.46. The van der Waals surface area contributed by atoms with Crippen LogP contribution in [0.1, 0.15) is 13.3 Å². The number of piperazine rings is 3. The molecule has 1 unspecified atom stereocenters. The Hall–Kier alpha value is -0.810. The number of hydrogen-bond acceptors (Lipinski definition) is 0. The van der Waals surface area contributed by atoms with Crippen LogP contribution in [-0.4, -0.2) is 74.3 Å². The topological polar surface area (TPSA) is 66.0 Å². The minimum Gasteiger partial charge on any atom is -0.312 e. The summed E-state index contributed by atoms with van der Waals surface area (Å²) in [5.41, 5.74) is 10.8. The predicted molar refractivity (Wildman–Crippen MR) is 73.5 cm³/mol. The Morgan fingerprint density at radius 1 is 1.11 bits per heavy atom. The van der Waals surface area contributed by atoms with Crippen molar-refractivity contribution in [2.45, 2.75) is 13.3 Å². The maximum atomic E-state index is 5.41. The summed E-state index contributed by atoms with van der Waals surface area (Å²) in [5, 5.41) is 0. The van der Waals surface area contributed by atoms with Crippen molar-refractivity contribution in [3.05, 3.63) is 0 Å². The van der Waals surface area contributed by atoms with Crippen LogP contribution < -0.4 is 16.5 Å². The number of rotatable bonds is 5. The van der Waals surface area contributed by atoms with Crippen molar-refractivity contribution in [2.75, 3.05) is 59.4 Å². The van der Waals surface area contributed by atoms with Gasteiger partial charge in [0.1, 0.15) is 39.3 Å². The van der Waals surface area contributed by atoms with Gasteiger partial charge in [-0.2, -0.15) is 0 Å². The number of likely N-dealkylation sites (N-methyl/N-ethyl adjacent to an activating group) is 1. The fourth-order valence-electron chi connectivity index (χ4n) is 3.52. The third-order valence-corrected chi connectivity index (χ3v) is 5.01. The second-order valence-electron chi connectivity index (χ2n) is 6.76. The van der Waals surface area contributed by atoms with E-state index >= 15 is 0 Å². The zero-order valence-electron chi connectivity index (χ0n) is 12.0. The molecule has 5 heteroatoms. The van der Waals surface area contributed by atoms with Crippen molar-refractivity contribution < 1.29 is 14.0 Å². The summed E-state index contributed by atoms with van der Waals surface area (Å²) in [6, 6.07) is 0. The molecule has 3 heterocycles. The number of fused-ring (bicyclic) bond motifs is 3. The molecule has 5 nitrogen and oxygen atoms in total. The van der Waals surface area contributed by atoms with E-state index in [-0.39, 0.29) is 0 Å². The molecule has 2 bridgehead atoms. The van der Waals surface area contributed by atoms with Crippen LogP contribution in [0.4, 0.5) is 0 Å². The molecule has 18 heavy (non-hydrogen) atoms. The molecule has 0 aliphatic carbocycles. The van der Waals surface area contributed by atoms with Crippen LogP contribution in [0.5, 0.6) is 0 Å². The van der Waals surface area contributed by atoms with Gasteiger partial charge in [-0.25, -0.2) is 0 Å². The lowest BCUT2D eigenvalue weighted by Gasteiger charge is -2.54. The van der Waals surface area contributed by atoms with Crippen LogP contribution in [0, 0.1) is 5.92 Å². The maximum Gasteiger partial charge on any atom is 0.338 e. The molecule has 3 aliphatic rings. The molecule has 0 aromatic carbocycles. The molecular weight excluding hydrogens is 226 g/mol. The van der Waals surface area contributed by atoms with E-state index in [1.54, 1.807) is 0 Å². The second kappa shape index (κ2) is 5.05. The Kier molecular flexibility index (Phi) is 3.82. The van der Waals surface area contributed by atoms with Gasteiger partial charge >= 0.3 is 5.96 Å². The monoisotopic (exact) mass is 256 g/mol. The van der Waals surface area contributed by atoms with Crippen molar-refractivity contribution in [3.8, 4) is 0 Å². The van der Waals surface area contributed by atoms with E-state index in [2.05, 4.69) is 19.0 Å². The molecule has 0 saturated carbocycles. The van der Waals surface area contributed by atoms with Gasteiger partial charge < -0.3 is 8.97 Å². The van der Waals surface area contributed by atoms with E-state index < -0.39 is 0 Å². The first kappa shape index (κ1) is 13.6. The molecule has 0 aromatic rings. The van der Waals surface area contributed by atoms with E-state index in [1.165, 1.54) is 54.8 Å². The first-order valence-electron chi connectivity index (χ1n) is 7.24. The smallest absolute Gasteiger partial charge is 0.312 e. The van der Waals surface area contributed by atoms with Crippen molar-refractivity contribution in [1.29, 1.82) is 0 Å². The summed E-state index contributed by atoms with van der Waals surface area (Å²) in [6.45, 7) is 12.8. The predicted octanol–water partition coefficient (Wildman–Crippen LogP) is -2.34. The summed E-state index contributed by atoms with van der Waals surface area (Å²) in [4.78, 5) is 3.02. The van der Waals surface area contributed by atoms with Gasteiger partial charge in [0.2, 0.25) is 0 Å². The highest BCUT2D eigenvalue weighted by atomic mass is 15.5. The molecule has 1 atom stereocenters. The van der Waals surface area contributed by atoms with Gasteiger partial charge in [-0.15, -0.1) is 0 Å². The summed E-state index contributed by atoms with van der Waals surface area (Å²) in [7, 11) is 2.42. The second-order valence-corrected chi connectivity index (χ2v) is 6.76. The van der Waals surface area contributed by atoms with Gasteiger partial charge in [0.15, 0.2) is 0 Å². The number of quaternary nitrogens is 2. The zero-order chi connectivity index (χ0) is 13.2. The molecule has 3 fully saturated rings. The lowest BCUT2D eigenvalue weighted by atomic mass is 10.0.